The van der Waals surface area contributed by atoms with Gasteiger partial charge in [-0.1, -0.05) is 13.8 Å². The predicted octanol–water partition coefficient (Wildman–Crippen LogP) is 2.87. The Morgan fingerprint density at radius 2 is 1.58 bits per heavy atom. The first-order chi connectivity index (χ1) is 9.03. The first-order valence-electron chi connectivity index (χ1n) is 6.35. The molecule has 0 atom stereocenters. The van der Waals surface area contributed by atoms with Gasteiger partial charge in [0.2, 0.25) is 5.75 Å². The highest BCUT2D eigenvalue weighted by Gasteiger charge is 2.14. The van der Waals surface area contributed by atoms with Crippen LogP contribution in [0.4, 0.5) is 0 Å². The van der Waals surface area contributed by atoms with Gasteiger partial charge in [0.1, 0.15) is 5.78 Å². The fourth-order valence-corrected chi connectivity index (χ4v) is 1.84. The Morgan fingerprint density at radius 3 is 1.95 bits per heavy atom. The van der Waals surface area contributed by atoms with Crippen molar-refractivity contribution >= 4 is 5.78 Å². The summed E-state index contributed by atoms with van der Waals surface area (Å²) in [6, 6.07) is 3.77. The van der Waals surface area contributed by atoms with E-state index in [-0.39, 0.29) is 11.7 Å². The number of aryl methyl sites for hydroxylation is 1. The second-order valence-corrected chi connectivity index (χ2v) is 4.65. The number of rotatable bonds is 7. The molecule has 0 bridgehead atoms. The van der Waals surface area contributed by atoms with Crippen LogP contribution in [-0.4, -0.2) is 27.1 Å². The molecule has 0 heterocycles. The lowest BCUT2D eigenvalue weighted by molar-refractivity contribution is -0.121. The lowest BCUT2D eigenvalue weighted by Crippen LogP contribution is -2.08. The highest BCUT2D eigenvalue weighted by atomic mass is 16.5. The smallest absolute Gasteiger partial charge is 0.203 e. The van der Waals surface area contributed by atoms with Crippen LogP contribution in [0.2, 0.25) is 0 Å². The zero-order valence-corrected chi connectivity index (χ0v) is 12.3. The predicted molar refractivity (Wildman–Crippen MR) is 74.3 cm³/mol. The number of ether oxygens (including phenoxy) is 3. The second kappa shape index (κ2) is 7.02. The SMILES string of the molecule is COc1cc(CCC(=O)C(C)C)cc(OC)c1OC. The maximum Gasteiger partial charge on any atom is 0.203 e. The van der Waals surface area contributed by atoms with E-state index in [1.165, 1.54) is 0 Å². The summed E-state index contributed by atoms with van der Waals surface area (Å²) in [6.07, 6.45) is 1.20. The Hall–Kier alpha value is -1.71. The van der Waals surface area contributed by atoms with Gasteiger partial charge in [0.05, 0.1) is 21.3 Å². The van der Waals surface area contributed by atoms with Gasteiger partial charge in [-0.25, -0.2) is 0 Å². The van der Waals surface area contributed by atoms with Gasteiger partial charge in [-0.15, -0.1) is 0 Å². The van der Waals surface area contributed by atoms with E-state index < -0.39 is 0 Å². The third kappa shape index (κ3) is 3.88. The van der Waals surface area contributed by atoms with Crippen LogP contribution in [0.25, 0.3) is 0 Å². The molecule has 0 aromatic heterocycles. The maximum atomic E-state index is 11.7. The molecule has 4 nitrogen and oxygen atoms in total. The van der Waals surface area contributed by atoms with Gasteiger partial charge in [-0.2, -0.15) is 0 Å². The molecule has 1 rings (SSSR count). The first kappa shape index (κ1) is 15.3. The fraction of sp³-hybridized carbons (Fsp3) is 0.533. The molecule has 0 unspecified atom stereocenters. The van der Waals surface area contributed by atoms with Gasteiger partial charge in [-0.05, 0) is 24.1 Å². The second-order valence-electron chi connectivity index (χ2n) is 4.65. The molecule has 0 aliphatic carbocycles. The zero-order chi connectivity index (χ0) is 14.4. The van der Waals surface area contributed by atoms with Crippen molar-refractivity contribution in [1.82, 2.24) is 0 Å². The molecule has 0 N–H and O–H groups in total. The number of hydrogen-bond donors (Lipinski definition) is 0. The number of carbonyl (C=O) groups is 1. The third-order valence-electron chi connectivity index (χ3n) is 3.03. The van der Waals surface area contributed by atoms with Gasteiger partial charge in [0.25, 0.3) is 0 Å². The zero-order valence-electron chi connectivity index (χ0n) is 12.3. The normalized spacial score (nSPS) is 10.4. The Bertz CT molecular complexity index is 413. The van der Waals surface area contributed by atoms with Gasteiger partial charge < -0.3 is 14.2 Å². The van der Waals surface area contributed by atoms with Crippen molar-refractivity contribution in [3.63, 3.8) is 0 Å². The third-order valence-corrected chi connectivity index (χ3v) is 3.03. The average molecular weight is 266 g/mol. The molecule has 19 heavy (non-hydrogen) atoms. The minimum Gasteiger partial charge on any atom is -0.493 e. The summed E-state index contributed by atoms with van der Waals surface area (Å²) in [6.45, 7) is 3.83. The molecule has 106 valence electrons. The van der Waals surface area contributed by atoms with Crippen LogP contribution in [-0.2, 0) is 11.2 Å². The number of ketones is 1. The first-order valence-corrected chi connectivity index (χ1v) is 6.35. The summed E-state index contributed by atoms with van der Waals surface area (Å²) < 4.78 is 15.8. The monoisotopic (exact) mass is 266 g/mol. The van der Waals surface area contributed by atoms with E-state index >= 15 is 0 Å². The minimum atomic E-state index is 0.0713. The molecule has 1 aromatic rings. The summed E-state index contributed by atoms with van der Waals surface area (Å²) >= 11 is 0. The molecule has 0 radical (unpaired) electrons. The standard InChI is InChI=1S/C15H22O4/c1-10(2)12(16)7-6-11-8-13(17-3)15(19-5)14(9-11)18-4/h8-10H,6-7H2,1-5H3. The van der Waals surface area contributed by atoms with Crippen LogP contribution in [0.5, 0.6) is 17.2 Å². The van der Waals surface area contributed by atoms with E-state index in [1.807, 2.05) is 26.0 Å². The van der Waals surface area contributed by atoms with Crippen molar-refractivity contribution in [3.05, 3.63) is 17.7 Å². The molecule has 4 heteroatoms. The van der Waals surface area contributed by atoms with Crippen LogP contribution in [0.3, 0.4) is 0 Å². The minimum absolute atomic E-state index is 0.0713. The highest BCUT2D eigenvalue weighted by Crippen LogP contribution is 2.38. The van der Waals surface area contributed by atoms with Crippen LogP contribution in [0.1, 0.15) is 25.8 Å². The molecule has 0 spiro atoms. The molecular weight excluding hydrogens is 244 g/mol. The van der Waals surface area contributed by atoms with Crippen molar-refractivity contribution in [2.24, 2.45) is 5.92 Å². The van der Waals surface area contributed by atoms with Crippen LogP contribution in [0.15, 0.2) is 12.1 Å². The maximum absolute atomic E-state index is 11.7. The summed E-state index contributed by atoms with van der Waals surface area (Å²) in [5.74, 6) is 2.14. The van der Waals surface area contributed by atoms with Crippen molar-refractivity contribution in [1.29, 1.82) is 0 Å². The van der Waals surface area contributed by atoms with Crippen LogP contribution < -0.4 is 14.2 Å². The number of carbonyl (C=O) groups excluding carboxylic acids is 1. The number of benzene rings is 1. The number of methoxy groups -OCH3 is 3. The van der Waals surface area contributed by atoms with Crippen molar-refractivity contribution in [2.45, 2.75) is 26.7 Å². The molecule has 0 saturated carbocycles. The van der Waals surface area contributed by atoms with E-state index in [9.17, 15) is 4.79 Å². The summed E-state index contributed by atoms with van der Waals surface area (Å²) in [5, 5.41) is 0. The van der Waals surface area contributed by atoms with Gasteiger partial charge in [0.15, 0.2) is 11.5 Å². The van der Waals surface area contributed by atoms with Crippen LogP contribution in [0, 0.1) is 5.92 Å². The van der Waals surface area contributed by atoms with E-state index in [4.69, 9.17) is 14.2 Å². The van der Waals surface area contributed by atoms with Crippen molar-refractivity contribution < 1.29 is 19.0 Å². The van der Waals surface area contributed by atoms with E-state index in [1.54, 1.807) is 21.3 Å². The van der Waals surface area contributed by atoms with E-state index in [0.717, 1.165) is 5.56 Å². The van der Waals surface area contributed by atoms with Gasteiger partial charge in [0, 0.05) is 12.3 Å². The molecule has 0 aliphatic heterocycles. The van der Waals surface area contributed by atoms with Crippen molar-refractivity contribution in [2.75, 3.05) is 21.3 Å². The highest BCUT2D eigenvalue weighted by molar-refractivity contribution is 5.80. The largest absolute Gasteiger partial charge is 0.493 e. The average Bonchev–Trinajstić information content (AvgIpc) is 2.42. The summed E-state index contributed by atoms with van der Waals surface area (Å²) in [7, 11) is 4.74. The van der Waals surface area contributed by atoms with Gasteiger partial charge >= 0.3 is 0 Å². The topological polar surface area (TPSA) is 44.8 Å². The molecule has 0 fully saturated rings. The number of Topliss-reactive ketones (excluding diaryl/α,β-unsaturated/α-hetero) is 1. The summed E-state index contributed by atoms with van der Waals surface area (Å²) in [5.41, 5.74) is 1.00. The Labute approximate surface area is 114 Å². The molecular formula is C15H22O4. The van der Waals surface area contributed by atoms with Crippen molar-refractivity contribution in [3.8, 4) is 17.2 Å². The molecule has 0 aliphatic rings. The Morgan fingerprint density at radius 1 is 1.05 bits per heavy atom. The van der Waals surface area contributed by atoms with Gasteiger partial charge in [-0.3, -0.25) is 4.79 Å². The van der Waals surface area contributed by atoms with E-state index in [2.05, 4.69) is 0 Å². The Kier molecular flexibility index (Phi) is 5.67. The lowest BCUT2D eigenvalue weighted by atomic mass is 10.0. The molecule has 1 aromatic carbocycles. The van der Waals surface area contributed by atoms with E-state index in [0.29, 0.717) is 30.1 Å². The fourth-order valence-electron chi connectivity index (χ4n) is 1.84. The number of hydrogen-bond acceptors (Lipinski definition) is 4. The summed E-state index contributed by atoms with van der Waals surface area (Å²) in [4.78, 5) is 11.7. The van der Waals surface area contributed by atoms with Crippen LogP contribution >= 0.6 is 0 Å². The molecule has 0 saturated heterocycles. The molecule has 0 amide bonds. The quantitative estimate of drug-likeness (QED) is 0.761. The Balaban J connectivity index is 2.93. The lowest BCUT2D eigenvalue weighted by Gasteiger charge is -2.14.